The minimum atomic E-state index is 0.447. The topological polar surface area (TPSA) is 17.8 Å². The Morgan fingerprint density at radius 1 is 1.30 bits per heavy atom. The van der Waals surface area contributed by atoms with E-state index in [1.54, 1.807) is 11.3 Å². The number of aromatic nitrogens is 2. The third-order valence-corrected chi connectivity index (χ3v) is 5.30. The number of thiophene rings is 1. The highest BCUT2D eigenvalue weighted by atomic mass is 79.9. The first-order chi connectivity index (χ1) is 9.69. The van der Waals surface area contributed by atoms with Crippen molar-refractivity contribution >= 4 is 49.9 Å². The summed E-state index contributed by atoms with van der Waals surface area (Å²) in [5.41, 5.74) is 3.49. The largest absolute Gasteiger partial charge is 0.326 e. The third kappa shape index (κ3) is 2.65. The van der Waals surface area contributed by atoms with Crippen LogP contribution in [0.15, 0.2) is 34.1 Å². The Morgan fingerprint density at radius 2 is 2.15 bits per heavy atom. The summed E-state index contributed by atoms with van der Waals surface area (Å²) in [4.78, 5) is 6.00. The van der Waals surface area contributed by atoms with Crippen molar-refractivity contribution in [2.24, 2.45) is 0 Å². The first-order valence-corrected chi connectivity index (χ1v) is 8.58. The zero-order valence-corrected chi connectivity index (χ0v) is 14.2. The van der Waals surface area contributed by atoms with Gasteiger partial charge in [0.05, 0.1) is 20.7 Å². The molecule has 2 nitrogen and oxygen atoms in total. The normalized spacial score (nSPS) is 11.3. The van der Waals surface area contributed by atoms with Gasteiger partial charge in [-0.2, -0.15) is 0 Å². The summed E-state index contributed by atoms with van der Waals surface area (Å²) >= 11 is 11.3. The molecule has 0 radical (unpaired) electrons. The highest BCUT2D eigenvalue weighted by Gasteiger charge is 2.12. The molecule has 0 saturated heterocycles. The number of hydrogen-bond acceptors (Lipinski definition) is 2. The van der Waals surface area contributed by atoms with E-state index in [1.807, 2.05) is 6.07 Å². The summed E-state index contributed by atoms with van der Waals surface area (Å²) in [7, 11) is 0. The lowest BCUT2D eigenvalue weighted by Gasteiger charge is -2.08. The van der Waals surface area contributed by atoms with Crippen LogP contribution in [-0.2, 0) is 18.8 Å². The summed E-state index contributed by atoms with van der Waals surface area (Å²) in [6.45, 7) is 3.04. The molecule has 2 aromatic heterocycles. The van der Waals surface area contributed by atoms with E-state index in [2.05, 4.69) is 56.7 Å². The van der Waals surface area contributed by atoms with Crippen LogP contribution in [0.5, 0.6) is 0 Å². The van der Waals surface area contributed by atoms with E-state index in [9.17, 15) is 0 Å². The van der Waals surface area contributed by atoms with Crippen molar-refractivity contribution in [1.82, 2.24) is 9.55 Å². The fraction of sp³-hybridized carbons (Fsp3) is 0.267. The molecule has 0 bridgehead atoms. The smallest absolute Gasteiger partial charge is 0.124 e. The zero-order chi connectivity index (χ0) is 14.1. The van der Waals surface area contributed by atoms with Crippen LogP contribution >= 0.6 is 38.9 Å². The molecule has 1 aromatic carbocycles. The van der Waals surface area contributed by atoms with Gasteiger partial charge in [0.1, 0.15) is 5.82 Å². The molecule has 0 amide bonds. The summed E-state index contributed by atoms with van der Waals surface area (Å²) < 4.78 is 3.43. The van der Waals surface area contributed by atoms with E-state index < -0.39 is 0 Å². The molecule has 5 heteroatoms. The van der Waals surface area contributed by atoms with Crippen molar-refractivity contribution in [2.45, 2.75) is 25.8 Å². The second kappa shape index (κ2) is 5.88. The van der Waals surface area contributed by atoms with Gasteiger partial charge >= 0.3 is 0 Å². The fourth-order valence-electron chi connectivity index (χ4n) is 2.46. The molecule has 0 aliphatic heterocycles. The van der Waals surface area contributed by atoms with Crippen LogP contribution in [0.25, 0.3) is 11.0 Å². The second-order valence-electron chi connectivity index (χ2n) is 4.71. The molecule has 20 heavy (non-hydrogen) atoms. The molecule has 104 valence electrons. The molecule has 0 saturated carbocycles. The predicted molar refractivity (Wildman–Crippen MR) is 89.8 cm³/mol. The van der Waals surface area contributed by atoms with Gasteiger partial charge in [-0.15, -0.1) is 22.9 Å². The molecule has 0 aliphatic carbocycles. The highest BCUT2D eigenvalue weighted by molar-refractivity contribution is 9.11. The molecule has 0 unspecified atom stereocenters. The average molecular weight is 370 g/mol. The minimum absolute atomic E-state index is 0.447. The summed E-state index contributed by atoms with van der Waals surface area (Å²) in [6.07, 6.45) is 1.000. The number of hydrogen-bond donors (Lipinski definition) is 0. The summed E-state index contributed by atoms with van der Waals surface area (Å²) in [6, 6.07) is 10.5. The van der Waals surface area contributed by atoms with Gasteiger partial charge in [-0.3, -0.25) is 0 Å². The quantitative estimate of drug-likeness (QED) is 0.581. The Morgan fingerprint density at radius 3 is 2.85 bits per heavy atom. The van der Waals surface area contributed by atoms with E-state index in [1.165, 1.54) is 19.7 Å². The van der Waals surface area contributed by atoms with E-state index in [0.717, 1.165) is 24.3 Å². The van der Waals surface area contributed by atoms with Crippen LogP contribution in [0.2, 0.25) is 0 Å². The van der Waals surface area contributed by atoms with Crippen molar-refractivity contribution < 1.29 is 0 Å². The summed E-state index contributed by atoms with van der Waals surface area (Å²) in [5, 5.41) is 0. The Hall–Kier alpha value is -0.840. The van der Waals surface area contributed by atoms with Crippen LogP contribution < -0.4 is 0 Å². The van der Waals surface area contributed by atoms with Gasteiger partial charge in [0, 0.05) is 11.4 Å². The number of rotatable bonds is 4. The van der Waals surface area contributed by atoms with Gasteiger partial charge in [0.2, 0.25) is 0 Å². The van der Waals surface area contributed by atoms with E-state index in [0.29, 0.717) is 5.88 Å². The number of alkyl halides is 1. The Bertz CT molecular complexity index is 747. The van der Waals surface area contributed by atoms with Crippen molar-refractivity contribution in [3.8, 4) is 0 Å². The van der Waals surface area contributed by atoms with Crippen LogP contribution in [-0.4, -0.2) is 9.55 Å². The molecule has 0 atom stereocenters. The molecule has 0 fully saturated rings. The molecule has 0 spiro atoms. The SMILES string of the molecule is Cc1cccc2nc(CCl)n(CCc3ccc(Br)s3)c12. The van der Waals surface area contributed by atoms with Gasteiger partial charge < -0.3 is 4.57 Å². The fourth-order valence-corrected chi connectivity index (χ4v) is 4.14. The Balaban J connectivity index is 1.97. The monoisotopic (exact) mass is 368 g/mol. The van der Waals surface area contributed by atoms with Crippen LogP contribution in [0, 0.1) is 6.92 Å². The lowest BCUT2D eigenvalue weighted by molar-refractivity contribution is 0.692. The number of imidazole rings is 1. The van der Waals surface area contributed by atoms with Crippen molar-refractivity contribution in [2.75, 3.05) is 0 Å². The Kier molecular flexibility index (Phi) is 4.15. The van der Waals surface area contributed by atoms with Crippen LogP contribution in [0.3, 0.4) is 0 Å². The first-order valence-electron chi connectivity index (χ1n) is 6.44. The average Bonchev–Trinajstić information content (AvgIpc) is 3.00. The van der Waals surface area contributed by atoms with Crippen molar-refractivity contribution in [1.29, 1.82) is 0 Å². The van der Waals surface area contributed by atoms with E-state index in [4.69, 9.17) is 11.6 Å². The maximum Gasteiger partial charge on any atom is 0.124 e. The minimum Gasteiger partial charge on any atom is -0.326 e. The maximum absolute atomic E-state index is 6.05. The first kappa shape index (κ1) is 14.1. The van der Waals surface area contributed by atoms with Crippen molar-refractivity contribution in [3.63, 3.8) is 0 Å². The highest BCUT2D eigenvalue weighted by Crippen LogP contribution is 2.25. The number of benzene rings is 1. The number of nitrogens with zero attached hydrogens (tertiary/aromatic N) is 2. The van der Waals surface area contributed by atoms with Crippen LogP contribution in [0.4, 0.5) is 0 Å². The number of aryl methyl sites for hydroxylation is 3. The number of fused-ring (bicyclic) bond motifs is 1. The molecule has 3 rings (SSSR count). The standard InChI is InChI=1S/C15H14BrClN2S/c1-10-3-2-4-12-15(10)19(14(9-17)18-12)8-7-11-5-6-13(16)20-11/h2-6H,7-9H2,1H3. The number of para-hydroxylation sites is 1. The number of halogens is 2. The molecule has 0 aliphatic rings. The van der Waals surface area contributed by atoms with Gasteiger partial charge in [-0.05, 0) is 53.0 Å². The molecule has 2 heterocycles. The summed E-state index contributed by atoms with van der Waals surface area (Å²) in [5.74, 6) is 1.40. The van der Waals surface area contributed by atoms with Gasteiger partial charge in [-0.1, -0.05) is 12.1 Å². The van der Waals surface area contributed by atoms with Crippen LogP contribution in [0.1, 0.15) is 16.3 Å². The van der Waals surface area contributed by atoms with E-state index in [-0.39, 0.29) is 0 Å². The van der Waals surface area contributed by atoms with Gasteiger partial charge in [0.15, 0.2) is 0 Å². The zero-order valence-electron chi connectivity index (χ0n) is 11.1. The second-order valence-corrected chi connectivity index (χ2v) is 7.53. The van der Waals surface area contributed by atoms with Gasteiger partial charge in [0.25, 0.3) is 0 Å². The molecule has 3 aromatic rings. The molecule has 0 N–H and O–H groups in total. The van der Waals surface area contributed by atoms with Gasteiger partial charge in [-0.25, -0.2) is 4.98 Å². The lowest BCUT2D eigenvalue weighted by atomic mass is 10.2. The lowest BCUT2D eigenvalue weighted by Crippen LogP contribution is -2.05. The predicted octanol–water partition coefficient (Wildman–Crippen LogP) is 5.15. The maximum atomic E-state index is 6.05. The van der Waals surface area contributed by atoms with E-state index >= 15 is 0 Å². The molecular formula is C15H14BrClN2S. The Labute approximate surface area is 135 Å². The molecular weight excluding hydrogens is 356 g/mol. The van der Waals surface area contributed by atoms with Crippen molar-refractivity contribution in [3.05, 3.63) is 50.4 Å². The third-order valence-electron chi connectivity index (χ3n) is 3.38.